The number of thiophene rings is 1. The first-order chi connectivity index (χ1) is 16.6. The van der Waals surface area contributed by atoms with E-state index < -0.39 is 0 Å². The second kappa shape index (κ2) is 10.8. The number of rotatable bonds is 7. The molecule has 0 spiro atoms. The van der Waals surface area contributed by atoms with E-state index in [1.54, 1.807) is 11.3 Å². The summed E-state index contributed by atoms with van der Waals surface area (Å²) in [7, 11) is 0. The van der Waals surface area contributed by atoms with Crippen molar-refractivity contribution in [1.29, 1.82) is 0 Å². The van der Waals surface area contributed by atoms with Crippen LogP contribution in [0.4, 0.5) is 0 Å². The molecule has 0 bridgehead atoms. The molecular weight excluding hydrogens is 490 g/mol. The second-order valence-electron chi connectivity index (χ2n) is 8.79. The van der Waals surface area contributed by atoms with Crippen LogP contribution in [0.3, 0.4) is 0 Å². The zero-order chi connectivity index (χ0) is 23.5. The first-order valence-electron chi connectivity index (χ1n) is 11.7. The van der Waals surface area contributed by atoms with Crippen molar-refractivity contribution in [2.75, 3.05) is 32.9 Å². The van der Waals surface area contributed by atoms with Crippen molar-refractivity contribution < 1.29 is 14.3 Å². The molecule has 1 atom stereocenters. The fourth-order valence-electron chi connectivity index (χ4n) is 4.47. The van der Waals surface area contributed by atoms with Crippen LogP contribution in [0.2, 0.25) is 5.02 Å². The lowest BCUT2D eigenvalue weighted by atomic mass is 10.1. The number of amides is 1. The maximum atomic E-state index is 13.2. The minimum absolute atomic E-state index is 0.163. The van der Waals surface area contributed by atoms with Crippen LogP contribution in [0.1, 0.15) is 33.6 Å². The van der Waals surface area contributed by atoms with Gasteiger partial charge in [0.25, 0.3) is 5.91 Å². The molecule has 2 saturated heterocycles. The molecule has 1 amide bonds. The molecule has 1 N–H and O–H groups in total. The van der Waals surface area contributed by atoms with Gasteiger partial charge in [0.1, 0.15) is 4.83 Å². The van der Waals surface area contributed by atoms with E-state index in [-0.39, 0.29) is 12.0 Å². The molecule has 2 fully saturated rings. The number of ether oxygens (including phenoxy) is 2. The van der Waals surface area contributed by atoms with Gasteiger partial charge in [-0.1, -0.05) is 36.0 Å². The van der Waals surface area contributed by atoms with E-state index in [0.717, 1.165) is 74.6 Å². The Hall–Kier alpha value is -1.81. The summed E-state index contributed by atoms with van der Waals surface area (Å²) >= 11 is 13.6. The average molecular weight is 518 g/mol. The quantitative estimate of drug-likeness (QED) is 0.446. The van der Waals surface area contributed by atoms with E-state index in [1.165, 1.54) is 4.88 Å². The third kappa shape index (κ3) is 5.53. The lowest BCUT2D eigenvalue weighted by Crippen LogP contribution is -2.35. The van der Waals surface area contributed by atoms with Gasteiger partial charge in [-0.25, -0.2) is 0 Å². The number of pyridine rings is 1. The van der Waals surface area contributed by atoms with Crippen LogP contribution in [0.5, 0.6) is 0 Å². The Morgan fingerprint density at radius 3 is 2.74 bits per heavy atom. The maximum Gasteiger partial charge on any atom is 0.254 e. The van der Waals surface area contributed by atoms with Gasteiger partial charge in [-0.2, -0.15) is 0 Å². The topological polar surface area (TPSA) is 55.7 Å². The summed E-state index contributed by atoms with van der Waals surface area (Å²) in [6.07, 6.45) is 4.19. The number of fused-ring (bicyclic) bond motifs is 1. The fourth-order valence-corrected chi connectivity index (χ4v) is 6.15. The van der Waals surface area contributed by atoms with Gasteiger partial charge in [0.05, 0.1) is 29.4 Å². The van der Waals surface area contributed by atoms with Crippen molar-refractivity contribution in [2.45, 2.75) is 38.6 Å². The van der Waals surface area contributed by atoms with Gasteiger partial charge in [0, 0.05) is 60.8 Å². The highest BCUT2D eigenvalue weighted by molar-refractivity contribution is 7.71. The molecule has 2 aliphatic rings. The predicted molar refractivity (Wildman–Crippen MR) is 138 cm³/mol. The van der Waals surface area contributed by atoms with Crippen molar-refractivity contribution >= 4 is 51.3 Å². The molecular formula is C25H28ClN3O3S2. The Kier molecular flexibility index (Phi) is 7.63. The van der Waals surface area contributed by atoms with Crippen molar-refractivity contribution in [3.63, 3.8) is 0 Å². The third-order valence-electron chi connectivity index (χ3n) is 6.32. The molecule has 34 heavy (non-hydrogen) atoms. The number of aromatic nitrogens is 1. The Bertz CT molecular complexity index is 1210. The number of nitrogens with zero attached hydrogens (tertiary/aromatic N) is 2. The summed E-state index contributed by atoms with van der Waals surface area (Å²) < 4.78 is 14.2. The number of nitrogens with one attached hydrogen (secondary N) is 1. The summed E-state index contributed by atoms with van der Waals surface area (Å²) in [5.74, 6) is -0.163. The summed E-state index contributed by atoms with van der Waals surface area (Å²) in [5.41, 5.74) is 1.52. The smallest absolute Gasteiger partial charge is 0.254 e. The van der Waals surface area contributed by atoms with Crippen LogP contribution in [0.15, 0.2) is 36.5 Å². The molecule has 2 aromatic heterocycles. The zero-order valence-corrected chi connectivity index (χ0v) is 21.3. The number of carbonyl (C=O) groups excluding carboxylic acids is 1. The molecule has 4 heterocycles. The highest BCUT2D eigenvalue weighted by atomic mass is 35.5. The van der Waals surface area contributed by atoms with Gasteiger partial charge < -0.3 is 19.4 Å². The molecule has 5 rings (SSSR count). The van der Waals surface area contributed by atoms with Crippen molar-refractivity contribution in [2.24, 2.45) is 0 Å². The molecule has 0 aliphatic carbocycles. The highest BCUT2D eigenvalue weighted by Crippen LogP contribution is 2.31. The van der Waals surface area contributed by atoms with Crippen LogP contribution in [0.25, 0.3) is 10.2 Å². The molecule has 1 aromatic carbocycles. The van der Waals surface area contributed by atoms with Gasteiger partial charge >= 0.3 is 0 Å². The fraction of sp³-hybridized carbons (Fsp3) is 0.440. The molecule has 0 radical (unpaired) electrons. The summed E-state index contributed by atoms with van der Waals surface area (Å²) in [6.45, 7) is 6.22. The van der Waals surface area contributed by atoms with E-state index in [2.05, 4.69) is 20.9 Å². The highest BCUT2D eigenvalue weighted by Gasteiger charge is 2.21. The summed E-state index contributed by atoms with van der Waals surface area (Å²) in [6, 6.07) is 9.64. The summed E-state index contributed by atoms with van der Waals surface area (Å²) in [4.78, 5) is 18.0. The normalized spacial score (nSPS) is 19.0. The van der Waals surface area contributed by atoms with Gasteiger partial charge in [-0.15, -0.1) is 11.3 Å². The number of morpholine rings is 1. The Morgan fingerprint density at radius 1 is 1.21 bits per heavy atom. The van der Waals surface area contributed by atoms with Crippen LogP contribution in [-0.4, -0.2) is 54.4 Å². The first-order valence-corrected chi connectivity index (χ1v) is 13.3. The molecule has 6 nitrogen and oxygen atoms in total. The second-order valence-corrected chi connectivity index (χ2v) is 10.7. The number of hydrogen-bond acceptors (Lipinski definition) is 6. The molecule has 180 valence electrons. The SMILES string of the molecule is O=C(NCc1ccc(Cl)cc1)c1cn(CC2CCCO2)c2sc(CN3CCOCC3)cc2c1=S. The van der Waals surface area contributed by atoms with E-state index in [1.807, 2.05) is 30.5 Å². The predicted octanol–water partition coefficient (Wildman–Crippen LogP) is 5.03. The molecule has 1 unspecified atom stereocenters. The molecule has 2 aliphatic heterocycles. The van der Waals surface area contributed by atoms with Crippen LogP contribution >= 0.6 is 35.2 Å². The standard InChI is InChI=1S/C25H28ClN3O3S2/c26-18-5-3-17(4-6-18)13-27-24(30)22-16-29(14-19-2-1-9-32-19)25-21(23(22)33)12-20(34-25)15-28-7-10-31-11-8-28/h3-6,12,16,19H,1-2,7-11,13-15H2,(H,27,30). The largest absolute Gasteiger partial charge is 0.379 e. The van der Waals surface area contributed by atoms with E-state index >= 15 is 0 Å². The monoisotopic (exact) mass is 517 g/mol. The van der Waals surface area contributed by atoms with Crippen LogP contribution in [0, 0.1) is 4.51 Å². The first kappa shape index (κ1) is 23.9. The minimum atomic E-state index is -0.163. The lowest BCUT2D eigenvalue weighted by molar-refractivity contribution is 0.0346. The van der Waals surface area contributed by atoms with E-state index in [0.29, 0.717) is 21.6 Å². The molecule has 3 aromatic rings. The van der Waals surface area contributed by atoms with Crippen LogP contribution < -0.4 is 5.32 Å². The van der Waals surface area contributed by atoms with Gasteiger partial charge in [0.15, 0.2) is 0 Å². The lowest BCUT2D eigenvalue weighted by Gasteiger charge is -2.25. The third-order valence-corrected chi connectivity index (χ3v) is 8.17. The number of hydrogen-bond donors (Lipinski definition) is 1. The Balaban J connectivity index is 1.43. The summed E-state index contributed by atoms with van der Waals surface area (Å²) in [5, 5.41) is 4.67. The number of halogens is 1. The van der Waals surface area contributed by atoms with E-state index in [4.69, 9.17) is 33.3 Å². The zero-order valence-electron chi connectivity index (χ0n) is 18.9. The Labute approximate surface area is 213 Å². The minimum Gasteiger partial charge on any atom is -0.379 e. The van der Waals surface area contributed by atoms with Gasteiger partial charge in [-0.3, -0.25) is 9.69 Å². The van der Waals surface area contributed by atoms with Crippen molar-refractivity contribution in [3.05, 3.63) is 62.1 Å². The van der Waals surface area contributed by atoms with E-state index in [9.17, 15) is 4.79 Å². The number of carbonyl (C=O) groups is 1. The van der Waals surface area contributed by atoms with Gasteiger partial charge in [-0.05, 0) is 36.6 Å². The molecule has 9 heteroatoms. The van der Waals surface area contributed by atoms with Crippen molar-refractivity contribution in [1.82, 2.24) is 14.8 Å². The van der Waals surface area contributed by atoms with Crippen LogP contribution in [-0.2, 0) is 29.1 Å². The maximum absolute atomic E-state index is 13.2. The molecule has 0 saturated carbocycles. The van der Waals surface area contributed by atoms with Gasteiger partial charge in [0.2, 0.25) is 0 Å². The number of benzene rings is 1. The van der Waals surface area contributed by atoms with Crippen molar-refractivity contribution in [3.8, 4) is 0 Å². The Morgan fingerprint density at radius 2 is 2.00 bits per heavy atom. The average Bonchev–Trinajstić information content (AvgIpc) is 3.51.